The van der Waals surface area contributed by atoms with E-state index in [-0.39, 0.29) is 10.8 Å². The van der Waals surface area contributed by atoms with Gasteiger partial charge in [-0.1, -0.05) is 11.6 Å². The first-order valence-electron chi connectivity index (χ1n) is 6.61. The van der Waals surface area contributed by atoms with Crippen LogP contribution in [-0.2, 0) is 6.42 Å². The van der Waals surface area contributed by atoms with E-state index in [1.165, 1.54) is 6.07 Å². The number of nitrogens with two attached hydrogens (primary N) is 1. The number of rotatable bonds is 2. The monoisotopic (exact) mass is 316 g/mol. The van der Waals surface area contributed by atoms with Crippen molar-refractivity contribution in [3.8, 4) is 5.75 Å². The zero-order valence-corrected chi connectivity index (χ0v) is 12.5. The molecule has 0 saturated carbocycles. The summed E-state index contributed by atoms with van der Waals surface area (Å²) >= 11 is 5.94. The molecule has 5 nitrogen and oxygen atoms in total. The minimum absolute atomic E-state index is 0.119. The third-order valence-corrected chi connectivity index (χ3v) is 3.88. The van der Waals surface area contributed by atoms with Crippen LogP contribution in [0.5, 0.6) is 5.75 Å². The Bertz CT molecular complexity index is 935. The molecule has 2 aromatic heterocycles. The van der Waals surface area contributed by atoms with Gasteiger partial charge in [0, 0.05) is 29.6 Å². The number of aromatic nitrogens is 1. The van der Waals surface area contributed by atoms with Gasteiger partial charge in [0.1, 0.15) is 17.2 Å². The van der Waals surface area contributed by atoms with E-state index in [0.717, 1.165) is 11.1 Å². The highest BCUT2D eigenvalue weighted by Crippen LogP contribution is 2.31. The van der Waals surface area contributed by atoms with Crippen LogP contribution in [0.2, 0.25) is 5.02 Å². The SMILES string of the molecule is Cc1c(Cc2ccnc(N)c2)c(=O)oc2cc(O)c(Cl)cc12. The Balaban J connectivity index is 2.18. The van der Waals surface area contributed by atoms with Crippen LogP contribution in [0.25, 0.3) is 11.0 Å². The lowest BCUT2D eigenvalue weighted by atomic mass is 10.00. The Labute approximate surface area is 131 Å². The normalized spacial score (nSPS) is 11.0. The quantitative estimate of drug-likeness (QED) is 0.709. The second-order valence-corrected chi connectivity index (χ2v) is 5.47. The molecule has 0 radical (unpaired) electrons. The summed E-state index contributed by atoms with van der Waals surface area (Å²) in [5, 5.41) is 10.5. The minimum atomic E-state index is -0.442. The molecule has 0 aliphatic rings. The molecule has 3 rings (SSSR count). The molecule has 3 aromatic rings. The van der Waals surface area contributed by atoms with Crippen molar-refractivity contribution in [3.05, 3.63) is 62.6 Å². The molecule has 0 aliphatic heterocycles. The van der Waals surface area contributed by atoms with E-state index in [1.807, 2.05) is 6.92 Å². The number of phenolic OH excluding ortho intramolecular Hbond substituents is 1. The van der Waals surface area contributed by atoms with Crippen molar-refractivity contribution in [2.24, 2.45) is 0 Å². The maximum absolute atomic E-state index is 12.2. The zero-order chi connectivity index (χ0) is 15.9. The average molecular weight is 317 g/mol. The van der Waals surface area contributed by atoms with Gasteiger partial charge in [-0.3, -0.25) is 0 Å². The molecule has 1 aromatic carbocycles. The number of benzene rings is 1. The van der Waals surface area contributed by atoms with Crippen molar-refractivity contribution in [1.29, 1.82) is 0 Å². The van der Waals surface area contributed by atoms with Crippen LogP contribution >= 0.6 is 11.6 Å². The molecule has 0 saturated heterocycles. The summed E-state index contributed by atoms with van der Waals surface area (Å²) in [6, 6.07) is 6.45. The topological polar surface area (TPSA) is 89.4 Å². The van der Waals surface area contributed by atoms with Gasteiger partial charge in [0.15, 0.2) is 0 Å². The number of phenols is 1. The predicted molar refractivity (Wildman–Crippen MR) is 85.4 cm³/mol. The van der Waals surface area contributed by atoms with Gasteiger partial charge in [-0.2, -0.15) is 0 Å². The largest absolute Gasteiger partial charge is 0.506 e. The summed E-state index contributed by atoms with van der Waals surface area (Å²) in [5.41, 5.74) is 7.69. The van der Waals surface area contributed by atoms with Crippen molar-refractivity contribution in [2.75, 3.05) is 5.73 Å². The van der Waals surface area contributed by atoms with E-state index in [4.69, 9.17) is 21.8 Å². The van der Waals surface area contributed by atoms with Crippen LogP contribution in [0.3, 0.4) is 0 Å². The van der Waals surface area contributed by atoms with Crippen molar-refractivity contribution in [3.63, 3.8) is 0 Å². The number of nitrogen functional groups attached to an aromatic ring is 1. The standard InChI is InChI=1S/C16H13ClN2O3/c1-8-10-6-12(17)13(20)7-14(10)22-16(21)11(8)4-9-2-3-19-15(18)5-9/h2-3,5-7,20H,4H2,1H3,(H2,18,19). The maximum atomic E-state index is 12.2. The lowest BCUT2D eigenvalue weighted by Gasteiger charge is -2.09. The predicted octanol–water partition coefficient (Wildman–Crippen LogP) is 3.03. The molecule has 0 fully saturated rings. The first kappa shape index (κ1) is 14.4. The van der Waals surface area contributed by atoms with Crippen LogP contribution in [0.1, 0.15) is 16.7 Å². The van der Waals surface area contributed by atoms with E-state index in [9.17, 15) is 9.90 Å². The van der Waals surface area contributed by atoms with Crippen molar-refractivity contribution in [2.45, 2.75) is 13.3 Å². The number of aryl methyl sites for hydroxylation is 1. The highest BCUT2D eigenvalue weighted by Gasteiger charge is 2.14. The second kappa shape index (κ2) is 5.35. The van der Waals surface area contributed by atoms with Gasteiger partial charge in [0.2, 0.25) is 0 Å². The molecule has 0 amide bonds. The highest BCUT2D eigenvalue weighted by atomic mass is 35.5. The summed E-state index contributed by atoms with van der Waals surface area (Å²) in [7, 11) is 0. The fourth-order valence-corrected chi connectivity index (χ4v) is 2.57. The number of nitrogens with zero attached hydrogens (tertiary/aromatic N) is 1. The molecule has 6 heteroatoms. The molecule has 3 N–H and O–H groups in total. The average Bonchev–Trinajstić information content (AvgIpc) is 2.46. The zero-order valence-electron chi connectivity index (χ0n) is 11.8. The molecule has 0 unspecified atom stereocenters. The lowest BCUT2D eigenvalue weighted by molar-refractivity contribution is 0.473. The molecule has 112 valence electrons. The minimum Gasteiger partial charge on any atom is -0.506 e. The third kappa shape index (κ3) is 2.51. The first-order valence-corrected chi connectivity index (χ1v) is 6.98. The fourth-order valence-electron chi connectivity index (χ4n) is 2.41. The van der Waals surface area contributed by atoms with Crippen molar-refractivity contribution < 1.29 is 9.52 Å². The Hall–Kier alpha value is -2.53. The maximum Gasteiger partial charge on any atom is 0.340 e. The van der Waals surface area contributed by atoms with E-state index >= 15 is 0 Å². The Morgan fingerprint density at radius 1 is 1.36 bits per heavy atom. The Kier molecular flexibility index (Phi) is 3.50. The van der Waals surface area contributed by atoms with E-state index in [1.54, 1.807) is 24.4 Å². The molecule has 0 atom stereocenters. The summed E-state index contributed by atoms with van der Waals surface area (Å²) in [6.07, 6.45) is 1.98. The van der Waals surface area contributed by atoms with Crippen LogP contribution in [0.4, 0.5) is 5.82 Å². The van der Waals surface area contributed by atoms with Gasteiger partial charge in [-0.05, 0) is 36.2 Å². The number of anilines is 1. The number of fused-ring (bicyclic) bond motifs is 1. The van der Waals surface area contributed by atoms with Crippen LogP contribution < -0.4 is 11.4 Å². The number of pyridine rings is 1. The van der Waals surface area contributed by atoms with Crippen LogP contribution in [0, 0.1) is 6.92 Å². The number of hydrogen-bond donors (Lipinski definition) is 2. The van der Waals surface area contributed by atoms with E-state index < -0.39 is 5.63 Å². The van der Waals surface area contributed by atoms with E-state index in [0.29, 0.717) is 28.8 Å². The van der Waals surface area contributed by atoms with Gasteiger partial charge in [-0.25, -0.2) is 9.78 Å². The molecule has 22 heavy (non-hydrogen) atoms. The summed E-state index contributed by atoms with van der Waals surface area (Å²) in [4.78, 5) is 16.1. The number of hydrogen-bond acceptors (Lipinski definition) is 5. The third-order valence-electron chi connectivity index (χ3n) is 3.58. The summed E-state index contributed by atoms with van der Waals surface area (Å²) < 4.78 is 5.29. The van der Waals surface area contributed by atoms with Crippen molar-refractivity contribution in [1.82, 2.24) is 4.98 Å². The molecule has 0 spiro atoms. The summed E-state index contributed by atoms with van der Waals surface area (Å²) in [6.45, 7) is 1.83. The number of halogens is 1. The molecule has 0 bridgehead atoms. The Morgan fingerprint density at radius 3 is 2.86 bits per heavy atom. The molecular formula is C16H13ClN2O3. The molecular weight excluding hydrogens is 304 g/mol. The van der Waals surface area contributed by atoms with Gasteiger partial charge in [0.05, 0.1) is 5.02 Å². The number of aromatic hydroxyl groups is 1. The Morgan fingerprint density at radius 2 is 2.14 bits per heavy atom. The highest BCUT2D eigenvalue weighted by molar-refractivity contribution is 6.32. The lowest BCUT2D eigenvalue weighted by Crippen LogP contribution is -2.11. The van der Waals surface area contributed by atoms with Crippen molar-refractivity contribution >= 4 is 28.4 Å². The summed E-state index contributed by atoms with van der Waals surface area (Å²) in [5.74, 6) is 0.277. The fraction of sp³-hybridized carbons (Fsp3) is 0.125. The van der Waals surface area contributed by atoms with Crippen LogP contribution in [0.15, 0.2) is 39.7 Å². The molecule has 0 aliphatic carbocycles. The van der Waals surface area contributed by atoms with E-state index in [2.05, 4.69) is 4.98 Å². The van der Waals surface area contributed by atoms with Gasteiger partial charge in [-0.15, -0.1) is 0 Å². The smallest absolute Gasteiger partial charge is 0.340 e. The van der Waals surface area contributed by atoms with Crippen LogP contribution in [-0.4, -0.2) is 10.1 Å². The first-order chi connectivity index (χ1) is 10.5. The second-order valence-electron chi connectivity index (χ2n) is 5.06. The molecule has 2 heterocycles. The van der Waals surface area contributed by atoms with Gasteiger partial charge in [0.25, 0.3) is 0 Å². The van der Waals surface area contributed by atoms with Gasteiger partial charge >= 0.3 is 5.63 Å². The van der Waals surface area contributed by atoms with Gasteiger partial charge < -0.3 is 15.3 Å².